The van der Waals surface area contributed by atoms with Gasteiger partial charge in [-0.3, -0.25) is 4.89 Å². The Labute approximate surface area is 271 Å². The molecule has 0 aliphatic carbocycles. The lowest BCUT2D eigenvalue weighted by Gasteiger charge is -2.31. The molecule has 0 aliphatic rings. The fourth-order valence-electron chi connectivity index (χ4n) is 1.78. The zero-order valence-corrected chi connectivity index (χ0v) is 26.5. The molecule has 13 nitrogen and oxygen atoms in total. The van der Waals surface area contributed by atoms with E-state index in [0.29, 0.717) is 18.6 Å². The highest BCUT2D eigenvalue weighted by Gasteiger charge is 2.38. The maximum atomic E-state index is 11.4. The first-order chi connectivity index (χ1) is 21.4. The summed E-state index contributed by atoms with van der Waals surface area (Å²) in [7, 11) is 0. The van der Waals surface area contributed by atoms with Gasteiger partial charge >= 0.3 is 11.9 Å². The molecule has 0 amide bonds. The number of hydrogen-bond donors (Lipinski definition) is 0. The topological polar surface area (TPSA) is 210 Å². The normalized spacial score (nSPS) is 9.49. The number of rotatable bonds is 11. The Bertz CT molecular complexity index is 629. The first kappa shape index (κ1) is 57.7. The number of benzene rings is 1. The third kappa shape index (κ3) is 65.0. The Morgan fingerprint density at radius 2 is 1.02 bits per heavy atom. The van der Waals surface area contributed by atoms with E-state index in [1.165, 1.54) is 0 Å². The van der Waals surface area contributed by atoms with Gasteiger partial charge in [0.05, 0.1) is 46.2 Å². The van der Waals surface area contributed by atoms with Gasteiger partial charge in [0.15, 0.2) is 6.61 Å². The summed E-state index contributed by atoms with van der Waals surface area (Å²) in [5.41, 5.74) is 0. The zero-order chi connectivity index (χ0) is 36.8. The van der Waals surface area contributed by atoms with Gasteiger partial charge in [0.2, 0.25) is 0 Å². The molecule has 1 aromatic rings. The number of esters is 1. The van der Waals surface area contributed by atoms with E-state index in [-0.39, 0.29) is 52.9 Å². The van der Waals surface area contributed by atoms with Gasteiger partial charge in [-0.1, -0.05) is 44.7 Å². The number of carbonyl (C=O) groups excluding carboxylic acids is 2. The average Bonchev–Trinajstić information content (AvgIpc) is 3.01. The van der Waals surface area contributed by atoms with Gasteiger partial charge < -0.3 is 9.47 Å². The number of carbonyl (C=O) groups is 2. The Hall–Kier alpha value is -2.88. The molecule has 0 saturated carbocycles. The first-order valence-corrected chi connectivity index (χ1v) is 13.1. The summed E-state index contributed by atoms with van der Waals surface area (Å²) in [5, 5.41) is 61.7. The van der Waals surface area contributed by atoms with E-state index in [1.807, 2.05) is 13.0 Å². The van der Waals surface area contributed by atoms with Gasteiger partial charge in [0.1, 0.15) is 5.75 Å². The van der Waals surface area contributed by atoms with Crippen LogP contribution in [0.15, 0.2) is 55.6 Å². The number of unbranched alkanes of at least 4 members (excludes halogenated alkanes) is 1. The van der Waals surface area contributed by atoms with Gasteiger partial charge in [-0.05, 0) is 67.0 Å². The summed E-state index contributed by atoms with van der Waals surface area (Å²) in [5.74, 6) is -2.39. The van der Waals surface area contributed by atoms with Crippen molar-refractivity contribution in [3.05, 3.63) is 104 Å². The first-order valence-electron chi connectivity index (χ1n) is 13.1. The molecule has 0 N–H and O–H groups in total. The van der Waals surface area contributed by atoms with E-state index in [4.69, 9.17) is 55.0 Å². The minimum Gasteiger partial charge on any atom is -0.455 e. The second-order valence-electron chi connectivity index (χ2n) is 6.36. The summed E-state index contributed by atoms with van der Waals surface area (Å²) in [6, 6.07) is 8.83. The van der Waals surface area contributed by atoms with Crippen LogP contribution in [-0.4, -0.2) is 70.6 Å². The van der Waals surface area contributed by atoms with Crippen LogP contribution >= 0.6 is 0 Å². The predicted octanol–water partition coefficient (Wildman–Crippen LogP) is 5.10. The van der Waals surface area contributed by atoms with Crippen LogP contribution in [0.4, 0.5) is 0 Å². The lowest BCUT2D eigenvalue weighted by Crippen LogP contribution is -2.45. The van der Waals surface area contributed by atoms with Crippen LogP contribution in [0.5, 0.6) is 5.75 Å². The second kappa shape index (κ2) is 56.9. The van der Waals surface area contributed by atoms with Crippen molar-refractivity contribution in [3.63, 3.8) is 0 Å². The van der Waals surface area contributed by atoms with E-state index >= 15 is 0 Å². The minimum absolute atomic E-state index is 0.250. The molecule has 0 aliphatic heterocycles. The number of hydrogen-bond acceptors (Lipinski definition) is 6. The van der Waals surface area contributed by atoms with Crippen molar-refractivity contribution in [2.45, 2.75) is 32.0 Å². The van der Waals surface area contributed by atoms with Crippen LogP contribution < -0.4 is 4.74 Å². The molecule has 0 fully saturated rings. The summed E-state index contributed by atoms with van der Waals surface area (Å²) in [6.07, 6.45) is 3.87. The summed E-state index contributed by atoms with van der Waals surface area (Å²) in [4.78, 5) is 32.7. The van der Waals surface area contributed by atoms with Crippen LogP contribution in [0.2, 0.25) is 0 Å². The maximum Gasteiger partial charge on any atom is 0.365 e. The standard InChI is InChI=1S/C18H22O6.7C2H4O/c1-4-7-13-18(14-21-16(19)5-2,24-23-17(20)6-3)22-15-11-9-8-10-12-15;7*1-2-3/h5-6,8-12H,2-4,7,13-14H2,1H3;7*1-2H2. The van der Waals surface area contributed by atoms with Gasteiger partial charge in [-0.15, -0.1) is 4.89 Å². The van der Waals surface area contributed by atoms with Crippen LogP contribution in [-0.2, 0) is 59.8 Å². The highest BCUT2D eigenvalue weighted by Crippen LogP contribution is 2.26. The van der Waals surface area contributed by atoms with Crippen molar-refractivity contribution in [2.24, 2.45) is 0 Å². The van der Waals surface area contributed by atoms with Crippen molar-refractivity contribution in [2.75, 3.05) is 52.9 Å². The molecule has 256 valence electrons. The fraction of sp³-hybridized carbons (Fsp3) is 0.406. The SMILES string of the molecule is C=CC(=O)OCC(CCCC)(OOC(=O)C=C)Oc1ccccc1.[CH2]C[O].[CH2]C[O].[CH2]C[O].[CH2]C[O].[CH2]C[O].[CH2]C[O].[CH2]C[O]. The number of para-hydroxylation sites is 1. The third-order valence-corrected chi connectivity index (χ3v) is 3.00. The van der Waals surface area contributed by atoms with E-state index < -0.39 is 17.7 Å². The monoisotopic (exact) mass is 642 g/mol. The molecule has 0 aromatic heterocycles. The van der Waals surface area contributed by atoms with E-state index in [0.717, 1.165) is 18.6 Å². The van der Waals surface area contributed by atoms with E-state index in [1.54, 1.807) is 24.3 Å². The highest BCUT2D eigenvalue weighted by atomic mass is 17.2. The predicted molar refractivity (Wildman–Crippen MR) is 164 cm³/mol. The number of ether oxygens (including phenoxy) is 2. The maximum absolute atomic E-state index is 11.4. The van der Waals surface area contributed by atoms with Crippen molar-refractivity contribution < 1.29 is 64.6 Å². The van der Waals surface area contributed by atoms with Crippen molar-refractivity contribution in [3.8, 4) is 5.75 Å². The molecule has 0 bridgehead atoms. The van der Waals surface area contributed by atoms with E-state index in [2.05, 4.69) is 61.6 Å². The smallest absolute Gasteiger partial charge is 0.365 e. The van der Waals surface area contributed by atoms with Gasteiger partial charge in [-0.2, -0.15) is 0 Å². The molecular weight excluding hydrogens is 592 g/mol. The molecule has 0 heterocycles. The molecular formula is C32H50O13. The third-order valence-electron chi connectivity index (χ3n) is 3.00. The molecule has 1 atom stereocenters. The van der Waals surface area contributed by atoms with E-state index in [9.17, 15) is 9.59 Å². The van der Waals surface area contributed by atoms with Crippen molar-refractivity contribution in [1.82, 2.24) is 0 Å². The molecule has 13 heteroatoms. The molecule has 0 spiro atoms. The van der Waals surface area contributed by atoms with Gasteiger partial charge in [-0.25, -0.2) is 45.3 Å². The quantitative estimate of drug-likeness (QED) is 0.105. The Balaban J connectivity index is -0.000000112. The van der Waals surface area contributed by atoms with Gasteiger partial charge in [0.25, 0.3) is 5.79 Å². The minimum atomic E-state index is -1.46. The fourth-order valence-corrected chi connectivity index (χ4v) is 1.78. The molecule has 14 radical (unpaired) electrons. The summed E-state index contributed by atoms with van der Waals surface area (Å²) < 4.78 is 10.9. The van der Waals surface area contributed by atoms with Crippen LogP contribution in [0.1, 0.15) is 26.2 Å². The molecule has 1 aromatic carbocycles. The second-order valence-corrected chi connectivity index (χ2v) is 6.36. The Morgan fingerprint density at radius 3 is 1.33 bits per heavy atom. The van der Waals surface area contributed by atoms with Crippen LogP contribution in [0.3, 0.4) is 0 Å². The average molecular weight is 643 g/mol. The largest absolute Gasteiger partial charge is 0.455 e. The lowest BCUT2D eigenvalue weighted by molar-refractivity contribution is -0.390. The molecule has 0 saturated heterocycles. The van der Waals surface area contributed by atoms with Gasteiger partial charge in [0, 0.05) is 18.6 Å². The van der Waals surface area contributed by atoms with Crippen LogP contribution in [0, 0.1) is 48.5 Å². The summed E-state index contributed by atoms with van der Waals surface area (Å²) in [6.45, 7) is 27.1. The highest BCUT2D eigenvalue weighted by molar-refractivity contribution is 5.81. The van der Waals surface area contributed by atoms with Crippen molar-refractivity contribution >= 4 is 11.9 Å². The molecule has 1 rings (SSSR count). The van der Waals surface area contributed by atoms with Crippen LogP contribution in [0.25, 0.3) is 0 Å². The summed E-state index contributed by atoms with van der Waals surface area (Å²) >= 11 is 0. The lowest BCUT2D eigenvalue weighted by atomic mass is 10.1. The molecule has 45 heavy (non-hydrogen) atoms. The Kier molecular flexibility index (Phi) is 73.0. The molecule has 1 unspecified atom stereocenters. The van der Waals surface area contributed by atoms with Crippen molar-refractivity contribution in [1.29, 1.82) is 0 Å². The Morgan fingerprint density at radius 1 is 0.667 bits per heavy atom. The zero-order valence-electron chi connectivity index (χ0n) is 26.5.